The average Bonchev–Trinajstić information content (AvgIpc) is 3.07. The van der Waals surface area contributed by atoms with Crippen molar-refractivity contribution in [3.8, 4) is 0 Å². The fourth-order valence-corrected chi connectivity index (χ4v) is 3.94. The molecular formula is C22H16BrClN4O2S. The van der Waals surface area contributed by atoms with Crippen molar-refractivity contribution in [3.63, 3.8) is 0 Å². The molecule has 0 bridgehead atoms. The van der Waals surface area contributed by atoms with Gasteiger partial charge in [0.05, 0.1) is 28.6 Å². The highest BCUT2D eigenvalue weighted by Crippen LogP contribution is 2.26. The van der Waals surface area contributed by atoms with Crippen molar-refractivity contribution in [2.24, 2.45) is 0 Å². The lowest BCUT2D eigenvalue weighted by molar-refractivity contribution is -0.122. The lowest BCUT2D eigenvalue weighted by atomic mass is 10.1. The van der Waals surface area contributed by atoms with Gasteiger partial charge >= 0.3 is 0 Å². The summed E-state index contributed by atoms with van der Waals surface area (Å²) in [6.07, 6.45) is 3.15. The van der Waals surface area contributed by atoms with Gasteiger partial charge in [0.1, 0.15) is 5.57 Å². The summed E-state index contributed by atoms with van der Waals surface area (Å²) in [6, 6.07) is 14.7. The number of carbonyl (C=O) groups excluding carboxylic acids is 2. The lowest BCUT2D eigenvalue weighted by Gasteiger charge is -2.29. The van der Waals surface area contributed by atoms with E-state index in [1.165, 1.54) is 11.0 Å². The summed E-state index contributed by atoms with van der Waals surface area (Å²) in [5.41, 5.74) is 3.27. The summed E-state index contributed by atoms with van der Waals surface area (Å²) in [7, 11) is 0. The Kier molecular flexibility index (Phi) is 6.04. The largest absolute Gasteiger partial charge is 0.298 e. The van der Waals surface area contributed by atoms with Gasteiger partial charge in [-0.2, -0.15) is 5.10 Å². The van der Waals surface area contributed by atoms with E-state index in [0.29, 0.717) is 27.4 Å². The van der Waals surface area contributed by atoms with Gasteiger partial charge in [-0.05, 0) is 71.0 Å². The second kappa shape index (κ2) is 8.74. The van der Waals surface area contributed by atoms with Crippen LogP contribution in [-0.4, -0.2) is 26.7 Å². The molecule has 1 aromatic heterocycles. The van der Waals surface area contributed by atoms with Crippen molar-refractivity contribution >= 4 is 68.4 Å². The van der Waals surface area contributed by atoms with Gasteiger partial charge in [-0.25, -0.2) is 0 Å². The van der Waals surface area contributed by atoms with Crippen LogP contribution in [0.3, 0.4) is 0 Å². The van der Waals surface area contributed by atoms with Gasteiger partial charge in [-0.15, -0.1) is 0 Å². The number of carbonyl (C=O) groups is 2. The third kappa shape index (κ3) is 4.46. The van der Waals surface area contributed by atoms with Gasteiger partial charge in [-0.3, -0.25) is 24.5 Å². The quantitative estimate of drug-likeness (QED) is 0.316. The van der Waals surface area contributed by atoms with Gasteiger partial charge < -0.3 is 0 Å². The Hall–Kier alpha value is -2.81. The molecule has 1 aliphatic heterocycles. The molecule has 0 radical (unpaired) electrons. The van der Waals surface area contributed by atoms with E-state index in [0.717, 1.165) is 11.1 Å². The second-order valence-corrected chi connectivity index (χ2v) is 8.63. The van der Waals surface area contributed by atoms with Crippen LogP contribution in [0.5, 0.6) is 0 Å². The van der Waals surface area contributed by atoms with Crippen molar-refractivity contribution in [2.45, 2.75) is 13.5 Å². The van der Waals surface area contributed by atoms with Crippen molar-refractivity contribution in [1.82, 2.24) is 15.1 Å². The van der Waals surface area contributed by atoms with Crippen LogP contribution >= 0.6 is 39.7 Å². The number of halogens is 2. The number of benzene rings is 2. The summed E-state index contributed by atoms with van der Waals surface area (Å²) in [6.45, 7) is 2.51. The fourth-order valence-electron chi connectivity index (χ4n) is 3.13. The Morgan fingerprint density at radius 2 is 1.81 bits per heavy atom. The summed E-state index contributed by atoms with van der Waals surface area (Å²) in [4.78, 5) is 27.1. The average molecular weight is 516 g/mol. The minimum atomic E-state index is -0.560. The van der Waals surface area contributed by atoms with Gasteiger partial charge in [-0.1, -0.05) is 41.4 Å². The number of aromatic nitrogens is 2. The molecule has 1 fully saturated rings. The topological polar surface area (TPSA) is 67.2 Å². The molecule has 2 aromatic carbocycles. The molecule has 0 aliphatic carbocycles. The van der Waals surface area contributed by atoms with E-state index in [9.17, 15) is 9.59 Å². The van der Waals surface area contributed by atoms with E-state index in [1.54, 1.807) is 35.1 Å². The molecule has 1 saturated heterocycles. The first kappa shape index (κ1) is 21.4. The van der Waals surface area contributed by atoms with Crippen LogP contribution in [0.1, 0.15) is 16.8 Å². The SMILES string of the molecule is Cc1ccc(Cn2ncc(Br)c2/C=C2\C(=O)NC(=S)N(c3ccc(Cl)cc3)C2=O)cc1. The van der Waals surface area contributed by atoms with Crippen molar-refractivity contribution in [2.75, 3.05) is 4.90 Å². The minimum absolute atomic E-state index is 0.0155. The number of amides is 2. The molecule has 31 heavy (non-hydrogen) atoms. The molecule has 0 saturated carbocycles. The Balaban J connectivity index is 1.70. The molecule has 1 aliphatic rings. The standard InChI is InChI=1S/C22H16BrClN4O2S/c1-13-2-4-14(5-3-13)12-27-19(18(23)11-25-27)10-17-20(29)26-22(31)28(21(17)30)16-8-6-15(24)7-9-16/h2-11H,12H2,1H3,(H,26,29,31)/b17-10+. The van der Waals surface area contributed by atoms with Gasteiger partial charge in [0.2, 0.25) is 0 Å². The Bertz CT molecular complexity index is 1220. The van der Waals surface area contributed by atoms with Crippen molar-refractivity contribution in [3.05, 3.63) is 86.6 Å². The molecule has 156 valence electrons. The fraction of sp³-hybridized carbons (Fsp3) is 0.0909. The van der Waals surface area contributed by atoms with Gasteiger partial charge in [0.15, 0.2) is 5.11 Å². The highest BCUT2D eigenvalue weighted by atomic mass is 79.9. The normalized spacial score (nSPS) is 15.5. The monoisotopic (exact) mass is 514 g/mol. The number of hydrogen-bond donors (Lipinski definition) is 1. The number of hydrogen-bond acceptors (Lipinski definition) is 4. The van der Waals surface area contributed by atoms with Crippen LogP contribution in [0.2, 0.25) is 5.02 Å². The highest BCUT2D eigenvalue weighted by Gasteiger charge is 2.35. The maximum atomic E-state index is 13.2. The molecular weight excluding hydrogens is 500 g/mol. The predicted molar refractivity (Wildman–Crippen MR) is 128 cm³/mol. The summed E-state index contributed by atoms with van der Waals surface area (Å²) in [5.74, 6) is -1.08. The van der Waals surface area contributed by atoms with Crippen LogP contribution < -0.4 is 10.2 Å². The first-order valence-electron chi connectivity index (χ1n) is 9.27. The van der Waals surface area contributed by atoms with Crippen molar-refractivity contribution < 1.29 is 9.59 Å². The number of nitrogens with one attached hydrogen (secondary N) is 1. The van der Waals surface area contributed by atoms with Gasteiger partial charge in [0.25, 0.3) is 11.8 Å². The van der Waals surface area contributed by atoms with Crippen LogP contribution in [0.25, 0.3) is 6.08 Å². The zero-order chi connectivity index (χ0) is 22.1. The number of aryl methyl sites for hydroxylation is 1. The van der Waals surface area contributed by atoms with E-state index < -0.39 is 11.8 Å². The molecule has 4 rings (SSSR count). The molecule has 2 heterocycles. The van der Waals surface area contributed by atoms with E-state index in [-0.39, 0.29) is 10.7 Å². The van der Waals surface area contributed by atoms with E-state index >= 15 is 0 Å². The first-order valence-corrected chi connectivity index (χ1v) is 10.9. The molecule has 1 N–H and O–H groups in total. The van der Waals surface area contributed by atoms with Crippen LogP contribution in [-0.2, 0) is 16.1 Å². The molecule has 9 heteroatoms. The zero-order valence-corrected chi connectivity index (χ0v) is 19.5. The molecule has 0 atom stereocenters. The maximum Gasteiger partial charge on any atom is 0.270 e. The Morgan fingerprint density at radius 1 is 1.13 bits per heavy atom. The zero-order valence-electron chi connectivity index (χ0n) is 16.3. The molecule has 3 aromatic rings. The Morgan fingerprint density at radius 3 is 2.48 bits per heavy atom. The Labute approximate surface area is 197 Å². The summed E-state index contributed by atoms with van der Waals surface area (Å²) < 4.78 is 2.39. The smallest absolute Gasteiger partial charge is 0.270 e. The third-order valence-corrected chi connectivity index (χ3v) is 5.90. The molecule has 0 unspecified atom stereocenters. The van der Waals surface area contributed by atoms with E-state index in [1.807, 2.05) is 31.2 Å². The molecule has 2 amide bonds. The summed E-state index contributed by atoms with van der Waals surface area (Å²) in [5, 5.41) is 7.51. The van der Waals surface area contributed by atoms with Crippen LogP contribution in [0.15, 0.2) is 64.8 Å². The van der Waals surface area contributed by atoms with E-state index in [2.05, 4.69) is 26.3 Å². The van der Waals surface area contributed by atoms with Gasteiger partial charge in [0, 0.05) is 5.02 Å². The summed E-state index contributed by atoms with van der Waals surface area (Å²) >= 11 is 14.6. The number of anilines is 1. The minimum Gasteiger partial charge on any atom is -0.298 e. The highest BCUT2D eigenvalue weighted by molar-refractivity contribution is 9.10. The lowest BCUT2D eigenvalue weighted by Crippen LogP contribution is -2.54. The first-order chi connectivity index (χ1) is 14.8. The van der Waals surface area contributed by atoms with Crippen LogP contribution in [0, 0.1) is 6.92 Å². The van der Waals surface area contributed by atoms with E-state index in [4.69, 9.17) is 23.8 Å². The third-order valence-electron chi connectivity index (χ3n) is 4.75. The second-order valence-electron chi connectivity index (χ2n) is 6.96. The van der Waals surface area contributed by atoms with Crippen molar-refractivity contribution in [1.29, 1.82) is 0 Å². The number of rotatable bonds is 4. The molecule has 6 nitrogen and oxygen atoms in total. The maximum absolute atomic E-state index is 13.2. The number of nitrogens with zero attached hydrogens (tertiary/aromatic N) is 3. The number of thiocarbonyl (C=S) groups is 1. The molecule has 0 spiro atoms. The van der Waals surface area contributed by atoms with Crippen LogP contribution in [0.4, 0.5) is 5.69 Å². The predicted octanol–water partition coefficient (Wildman–Crippen LogP) is 4.49.